The van der Waals surface area contributed by atoms with E-state index in [1.165, 1.54) is 21.3 Å². The minimum atomic E-state index is -3.87. The van der Waals surface area contributed by atoms with Crippen molar-refractivity contribution in [3.63, 3.8) is 0 Å². The number of hydrogen-bond acceptors (Lipinski definition) is 5. The molecule has 0 bridgehead atoms. The fourth-order valence-corrected chi connectivity index (χ4v) is 7.86. The van der Waals surface area contributed by atoms with Gasteiger partial charge in [-0.3, -0.25) is 9.69 Å². The topological polar surface area (TPSA) is 62.6 Å². The number of carbonyl (C=O) groups is 1. The van der Waals surface area contributed by atoms with Crippen molar-refractivity contribution in [2.45, 2.75) is 24.1 Å². The summed E-state index contributed by atoms with van der Waals surface area (Å²) in [5.41, 5.74) is 4.22. The maximum Gasteiger partial charge on any atom is 0.248 e. The predicted molar refractivity (Wildman–Crippen MR) is 165 cm³/mol. The lowest BCUT2D eigenvalue weighted by Crippen LogP contribution is -2.48. The van der Waals surface area contributed by atoms with Crippen LogP contribution in [0.2, 0.25) is 5.02 Å². The molecule has 41 heavy (non-hydrogen) atoms. The zero-order valence-corrected chi connectivity index (χ0v) is 24.4. The van der Waals surface area contributed by atoms with E-state index in [4.69, 9.17) is 11.6 Å². The fourth-order valence-electron chi connectivity index (χ4n) is 6.04. The molecule has 2 atom stereocenters. The van der Waals surface area contributed by atoms with Crippen LogP contribution in [-0.2, 0) is 10.0 Å². The van der Waals surface area contributed by atoms with Gasteiger partial charge in [0.05, 0.1) is 11.6 Å². The number of hydrogen-bond donors (Lipinski definition) is 0. The van der Waals surface area contributed by atoms with Crippen LogP contribution in [0, 0.1) is 0 Å². The number of fused-ring (bicyclic) bond motifs is 1. The highest BCUT2D eigenvalue weighted by atomic mass is 35.5. The lowest BCUT2D eigenvalue weighted by Gasteiger charge is -2.42. The molecule has 4 aromatic rings. The average Bonchev–Trinajstić information content (AvgIpc) is 3.39. The van der Waals surface area contributed by atoms with E-state index in [2.05, 4.69) is 46.2 Å². The molecule has 3 aromatic carbocycles. The average molecular weight is 586 g/mol. The minimum Gasteiger partial charge on any atom is -0.369 e. The molecular weight excluding hydrogens is 554 g/mol. The van der Waals surface area contributed by atoms with Crippen LogP contribution >= 0.6 is 11.6 Å². The minimum absolute atomic E-state index is 0.103. The van der Waals surface area contributed by atoms with Gasteiger partial charge in [0.15, 0.2) is 6.29 Å². The Balaban J connectivity index is 1.26. The van der Waals surface area contributed by atoms with Crippen LogP contribution in [0.25, 0.3) is 10.9 Å². The van der Waals surface area contributed by atoms with Gasteiger partial charge in [-0.15, -0.1) is 0 Å². The van der Waals surface area contributed by atoms with Gasteiger partial charge in [-0.25, -0.2) is 12.4 Å². The second kappa shape index (κ2) is 11.0. The summed E-state index contributed by atoms with van der Waals surface area (Å²) < 4.78 is 28.3. The first kappa shape index (κ1) is 27.5. The predicted octanol–water partition coefficient (Wildman–Crippen LogP) is 6.29. The first-order valence-corrected chi connectivity index (χ1v) is 15.6. The molecule has 6 rings (SSSR count). The number of allylic oxidation sites excluding steroid dienone is 2. The number of halogens is 1. The lowest BCUT2D eigenvalue weighted by atomic mass is 9.96. The third-order valence-electron chi connectivity index (χ3n) is 8.29. The van der Waals surface area contributed by atoms with E-state index in [0.29, 0.717) is 29.2 Å². The summed E-state index contributed by atoms with van der Waals surface area (Å²) >= 11 is 6.19. The number of aromatic nitrogens is 1. The van der Waals surface area contributed by atoms with E-state index in [1.807, 2.05) is 42.5 Å². The highest BCUT2D eigenvalue weighted by molar-refractivity contribution is 7.91. The molecule has 0 N–H and O–H groups in total. The third-order valence-corrected chi connectivity index (χ3v) is 10.8. The number of benzene rings is 3. The Hall–Kier alpha value is -3.65. The van der Waals surface area contributed by atoms with Gasteiger partial charge >= 0.3 is 0 Å². The monoisotopic (exact) mass is 585 g/mol. The van der Waals surface area contributed by atoms with Gasteiger partial charge in [-0.2, -0.15) is 0 Å². The molecule has 1 aliphatic carbocycles. The Morgan fingerprint density at radius 1 is 0.878 bits per heavy atom. The Morgan fingerprint density at radius 2 is 1.54 bits per heavy atom. The SMILES string of the molecule is CC1(S(=O)(=O)n2cc(C=O)c3ccccc32)C=C(N2CCN(C(c3ccccc3)c3ccc(Cl)cc3)CC2)C=CC1. The van der Waals surface area contributed by atoms with Crippen LogP contribution in [0.15, 0.2) is 109 Å². The molecule has 0 spiro atoms. The second-order valence-electron chi connectivity index (χ2n) is 10.9. The van der Waals surface area contributed by atoms with E-state index in [-0.39, 0.29) is 6.04 Å². The van der Waals surface area contributed by atoms with E-state index in [9.17, 15) is 13.2 Å². The summed E-state index contributed by atoms with van der Waals surface area (Å²) in [6.07, 6.45) is 8.39. The Morgan fingerprint density at radius 3 is 2.24 bits per heavy atom. The Kier molecular flexibility index (Phi) is 7.36. The zero-order chi connectivity index (χ0) is 28.6. The molecule has 8 heteroatoms. The highest BCUT2D eigenvalue weighted by Crippen LogP contribution is 2.36. The van der Waals surface area contributed by atoms with Crippen molar-refractivity contribution in [1.29, 1.82) is 0 Å². The molecule has 2 unspecified atom stereocenters. The number of para-hydroxylation sites is 1. The second-order valence-corrected chi connectivity index (χ2v) is 13.6. The van der Waals surface area contributed by atoms with Crippen LogP contribution in [0.3, 0.4) is 0 Å². The largest absolute Gasteiger partial charge is 0.369 e. The van der Waals surface area contributed by atoms with Crippen molar-refractivity contribution in [3.8, 4) is 0 Å². The summed E-state index contributed by atoms with van der Waals surface area (Å²) in [4.78, 5) is 16.4. The van der Waals surface area contributed by atoms with Crippen molar-refractivity contribution >= 4 is 38.8 Å². The quantitative estimate of drug-likeness (QED) is 0.238. The number of carbonyl (C=O) groups excluding carboxylic acids is 1. The first-order valence-electron chi connectivity index (χ1n) is 13.8. The molecule has 0 saturated carbocycles. The highest BCUT2D eigenvalue weighted by Gasteiger charge is 2.41. The van der Waals surface area contributed by atoms with Crippen LogP contribution in [0.4, 0.5) is 0 Å². The van der Waals surface area contributed by atoms with Gasteiger partial charge in [0, 0.05) is 54.0 Å². The molecule has 2 aliphatic rings. The normalized spacial score (nSPS) is 20.6. The van der Waals surface area contributed by atoms with Crippen molar-refractivity contribution in [2.75, 3.05) is 26.2 Å². The number of rotatable bonds is 7. The summed E-state index contributed by atoms with van der Waals surface area (Å²) in [5.74, 6) is 0. The first-order chi connectivity index (χ1) is 19.8. The van der Waals surface area contributed by atoms with Gasteiger partial charge < -0.3 is 4.90 Å². The maximum atomic E-state index is 14.1. The Bertz CT molecular complexity index is 1740. The Labute approximate surface area is 246 Å². The molecular formula is C33H32ClN3O3S. The summed E-state index contributed by atoms with van der Waals surface area (Å²) in [6, 6.07) is 25.8. The van der Waals surface area contributed by atoms with Crippen molar-refractivity contribution in [2.24, 2.45) is 0 Å². The van der Waals surface area contributed by atoms with Gasteiger partial charge in [0.2, 0.25) is 10.0 Å². The summed E-state index contributed by atoms with van der Waals surface area (Å²) in [6.45, 7) is 4.95. The molecule has 0 amide bonds. The van der Waals surface area contributed by atoms with Gasteiger partial charge in [0.25, 0.3) is 0 Å². The van der Waals surface area contributed by atoms with Crippen LogP contribution in [-0.4, -0.2) is 59.4 Å². The summed E-state index contributed by atoms with van der Waals surface area (Å²) in [7, 11) is -3.87. The van der Waals surface area contributed by atoms with Crippen LogP contribution in [0.1, 0.15) is 40.9 Å². The van der Waals surface area contributed by atoms with Crippen molar-refractivity contribution in [3.05, 3.63) is 131 Å². The van der Waals surface area contributed by atoms with Crippen LogP contribution in [0.5, 0.6) is 0 Å². The van der Waals surface area contributed by atoms with Gasteiger partial charge in [-0.1, -0.05) is 78.3 Å². The molecule has 6 nitrogen and oxygen atoms in total. The molecule has 1 aliphatic heterocycles. The van der Waals surface area contributed by atoms with E-state index < -0.39 is 14.8 Å². The number of aldehydes is 1. The molecule has 210 valence electrons. The number of nitrogens with zero attached hydrogens (tertiary/aromatic N) is 3. The van der Waals surface area contributed by atoms with Crippen molar-refractivity contribution in [1.82, 2.24) is 13.8 Å². The van der Waals surface area contributed by atoms with E-state index >= 15 is 0 Å². The van der Waals surface area contributed by atoms with Gasteiger partial charge in [-0.05, 0) is 54.8 Å². The third kappa shape index (κ3) is 5.03. The molecule has 2 heterocycles. The van der Waals surface area contributed by atoms with Crippen LogP contribution < -0.4 is 0 Å². The smallest absolute Gasteiger partial charge is 0.248 e. The van der Waals surface area contributed by atoms with E-state index in [1.54, 1.807) is 25.1 Å². The van der Waals surface area contributed by atoms with E-state index in [0.717, 1.165) is 36.9 Å². The van der Waals surface area contributed by atoms with Gasteiger partial charge in [0.1, 0.15) is 4.75 Å². The number of piperazine rings is 1. The standard InChI is InChI=1S/C33H32ClN3O3S/c1-33(41(39,40)37-23-27(24-38)30-11-5-6-12-31(30)37)17-7-10-29(22-33)35-18-20-36(21-19-35)32(25-8-3-2-4-9-25)26-13-15-28(34)16-14-26/h2-16,22-24,32H,17-21H2,1H3. The van der Waals surface area contributed by atoms with Crippen molar-refractivity contribution < 1.29 is 13.2 Å². The zero-order valence-electron chi connectivity index (χ0n) is 22.9. The summed E-state index contributed by atoms with van der Waals surface area (Å²) in [5, 5.41) is 1.35. The molecule has 1 fully saturated rings. The lowest BCUT2D eigenvalue weighted by molar-refractivity contribution is 0.112. The molecule has 1 aromatic heterocycles. The maximum absolute atomic E-state index is 14.1. The fraction of sp³-hybridized carbons (Fsp3) is 0.242. The molecule has 0 radical (unpaired) electrons. The molecule has 1 saturated heterocycles.